The highest BCUT2D eigenvalue weighted by molar-refractivity contribution is 5.58. The highest BCUT2D eigenvalue weighted by Gasteiger charge is 2.10. The zero-order valence-electron chi connectivity index (χ0n) is 9.48. The summed E-state index contributed by atoms with van der Waals surface area (Å²) in [6, 6.07) is 7.74. The summed E-state index contributed by atoms with van der Waals surface area (Å²) in [5.41, 5.74) is 1.98. The average molecular weight is 234 g/mol. The Hall–Kier alpha value is -1.79. The fraction of sp³-hybridized carbons (Fsp3) is 0.364. The molecule has 2 rings (SSSR count). The zero-order valence-corrected chi connectivity index (χ0v) is 9.48. The molecule has 0 unspecified atom stereocenters. The molecule has 0 spiro atoms. The molecule has 0 aliphatic rings. The minimum atomic E-state index is -0.867. The standard InChI is InChI=1S/C11H14N4O2/c1-8-4-2-3-5-10(8)11-12-14-15(13-11)6-9(17)7-16/h2-5,9,16-17H,6-7H2,1H3/t9-/m0/s1. The van der Waals surface area contributed by atoms with Crippen molar-refractivity contribution in [3.05, 3.63) is 29.8 Å². The molecule has 1 atom stereocenters. The fourth-order valence-corrected chi connectivity index (χ4v) is 1.50. The molecule has 0 aliphatic carbocycles. The zero-order chi connectivity index (χ0) is 12.3. The van der Waals surface area contributed by atoms with Gasteiger partial charge in [0.05, 0.1) is 19.3 Å². The molecular formula is C11H14N4O2. The van der Waals surface area contributed by atoms with Gasteiger partial charge in [0.15, 0.2) is 0 Å². The van der Waals surface area contributed by atoms with Crippen LogP contribution in [-0.2, 0) is 6.54 Å². The van der Waals surface area contributed by atoms with Gasteiger partial charge in [0.1, 0.15) is 0 Å². The molecule has 6 nitrogen and oxygen atoms in total. The summed E-state index contributed by atoms with van der Waals surface area (Å²) in [6.07, 6.45) is -0.867. The Balaban J connectivity index is 2.21. The van der Waals surface area contributed by atoms with Crippen molar-refractivity contribution in [2.45, 2.75) is 19.6 Å². The van der Waals surface area contributed by atoms with Crippen LogP contribution in [0, 0.1) is 6.92 Å². The Morgan fingerprint density at radius 3 is 2.82 bits per heavy atom. The number of aliphatic hydroxyl groups excluding tert-OH is 2. The van der Waals surface area contributed by atoms with Gasteiger partial charge in [0.2, 0.25) is 5.82 Å². The van der Waals surface area contributed by atoms with Crippen LogP contribution < -0.4 is 0 Å². The van der Waals surface area contributed by atoms with Gasteiger partial charge in [0.25, 0.3) is 0 Å². The molecule has 0 bridgehead atoms. The van der Waals surface area contributed by atoms with Crippen LogP contribution in [0.15, 0.2) is 24.3 Å². The fourth-order valence-electron chi connectivity index (χ4n) is 1.50. The quantitative estimate of drug-likeness (QED) is 0.778. The molecule has 1 heterocycles. The average Bonchev–Trinajstić information content (AvgIpc) is 2.78. The Morgan fingerprint density at radius 2 is 2.12 bits per heavy atom. The normalized spacial score (nSPS) is 12.6. The van der Waals surface area contributed by atoms with Crippen LogP contribution in [0.25, 0.3) is 11.4 Å². The van der Waals surface area contributed by atoms with E-state index in [2.05, 4.69) is 15.4 Å². The second-order valence-electron chi connectivity index (χ2n) is 3.82. The maximum Gasteiger partial charge on any atom is 0.205 e. The smallest absolute Gasteiger partial charge is 0.205 e. The first-order valence-corrected chi connectivity index (χ1v) is 5.33. The van der Waals surface area contributed by atoms with E-state index in [1.54, 1.807) is 0 Å². The molecule has 0 fully saturated rings. The maximum atomic E-state index is 9.27. The van der Waals surface area contributed by atoms with E-state index in [0.717, 1.165) is 11.1 Å². The van der Waals surface area contributed by atoms with Crippen molar-refractivity contribution in [3.63, 3.8) is 0 Å². The molecule has 1 aromatic heterocycles. The van der Waals surface area contributed by atoms with Crippen LogP contribution in [0.1, 0.15) is 5.56 Å². The minimum Gasteiger partial charge on any atom is -0.394 e. The van der Waals surface area contributed by atoms with E-state index in [1.165, 1.54) is 4.80 Å². The lowest BCUT2D eigenvalue weighted by molar-refractivity contribution is 0.0742. The molecule has 0 amide bonds. The number of nitrogens with zero attached hydrogens (tertiary/aromatic N) is 4. The van der Waals surface area contributed by atoms with E-state index in [4.69, 9.17) is 5.11 Å². The first kappa shape index (κ1) is 11.7. The maximum absolute atomic E-state index is 9.27. The van der Waals surface area contributed by atoms with Gasteiger partial charge in [-0.3, -0.25) is 0 Å². The summed E-state index contributed by atoms with van der Waals surface area (Å²) < 4.78 is 0. The minimum absolute atomic E-state index is 0.134. The number of aryl methyl sites for hydroxylation is 1. The second-order valence-corrected chi connectivity index (χ2v) is 3.82. The molecular weight excluding hydrogens is 220 g/mol. The van der Waals surface area contributed by atoms with Crippen LogP contribution >= 0.6 is 0 Å². The van der Waals surface area contributed by atoms with E-state index < -0.39 is 6.10 Å². The van der Waals surface area contributed by atoms with E-state index in [-0.39, 0.29) is 13.2 Å². The van der Waals surface area contributed by atoms with Crippen molar-refractivity contribution in [3.8, 4) is 11.4 Å². The first-order chi connectivity index (χ1) is 8.20. The Labute approximate surface area is 98.5 Å². The largest absolute Gasteiger partial charge is 0.394 e. The van der Waals surface area contributed by atoms with Gasteiger partial charge in [0, 0.05) is 5.56 Å². The van der Waals surface area contributed by atoms with Gasteiger partial charge >= 0.3 is 0 Å². The van der Waals surface area contributed by atoms with Crippen LogP contribution in [0.4, 0.5) is 0 Å². The number of benzene rings is 1. The third kappa shape index (κ3) is 2.66. The molecule has 1 aromatic carbocycles. The Morgan fingerprint density at radius 1 is 1.35 bits per heavy atom. The summed E-state index contributed by atoms with van der Waals surface area (Å²) in [6.45, 7) is 1.79. The lowest BCUT2D eigenvalue weighted by Crippen LogP contribution is -2.21. The van der Waals surface area contributed by atoms with Crippen molar-refractivity contribution in [1.29, 1.82) is 0 Å². The number of hydrogen-bond acceptors (Lipinski definition) is 5. The third-order valence-corrected chi connectivity index (χ3v) is 2.42. The molecule has 0 saturated heterocycles. The molecule has 2 aromatic rings. The number of aliphatic hydroxyl groups is 2. The van der Waals surface area contributed by atoms with Crippen molar-refractivity contribution in [2.24, 2.45) is 0 Å². The SMILES string of the molecule is Cc1ccccc1-c1nnn(C[C@H](O)CO)n1. The van der Waals surface area contributed by atoms with Gasteiger partial charge in [-0.25, -0.2) is 0 Å². The third-order valence-electron chi connectivity index (χ3n) is 2.42. The van der Waals surface area contributed by atoms with Crippen LogP contribution in [-0.4, -0.2) is 43.1 Å². The van der Waals surface area contributed by atoms with Gasteiger partial charge in [-0.05, 0) is 17.7 Å². The molecule has 0 saturated carbocycles. The van der Waals surface area contributed by atoms with Crippen molar-refractivity contribution in [2.75, 3.05) is 6.61 Å². The summed E-state index contributed by atoms with van der Waals surface area (Å²) >= 11 is 0. The van der Waals surface area contributed by atoms with Gasteiger partial charge in [-0.15, -0.1) is 10.2 Å². The number of tetrazole rings is 1. The molecule has 6 heteroatoms. The molecule has 2 N–H and O–H groups in total. The van der Waals surface area contributed by atoms with Crippen molar-refractivity contribution in [1.82, 2.24) is 20.2 Å². The van der Waals surface area contributed by atoms with Crippen LogP contribution in [0.2, 0.25) is 0 Å². The Kier molecular flexibility index (Phi) is 3.46. The summed E-state index contributed by atoms with van der Waals surface area (Å²) in [5.74, 6) is 0.522. The highest BCUT2D eigenvalue weighted by Crippen LogP contribution is 2.17. The monoisotopic (exact) mass is 234 g/mol. The summed E-state index contributed by atoms with van der Waals surface area (Å²) in [7, 11) is 0. The topological polar surface area (TPSA) is 84.1 Å². The predicted octanol–water partition coefficient (Wildman–Crippen LogP) is 0.00172. The summed E-state index contributed by atoms with van der Waals surface area (Å²) in [4.78, 5) is 1.28. The molecule has 17 heavy (non-hydrogen) atoms. The highest BCUT2D eigenvalue weighted by atomic mass is 16.3. The van der Waals surface area contributed by atoms with E-state index in [0.29, 0.717) is 5.82 Å². The first-order valence-electron chi connectivity index (χ1n) is 5.33. The van der Waals surface area contributed by atoms with Gasteiger partial charge in [-0.2, -0.15) is 4.80 Å². The summed E-state index contributed by atoms with van der Waals surface area (Å²) in [5, 5.41) is 29.9. The Bertz CT molecular complexity index is 498. The molecule has 0 aliphatic heterocycles. The van der Waals surface area contributed by atoms with E-state index >= 15 is 0 Å². The second kappa shape index (κ2) is 5.03. The van der Waals surface area contributed by atoms with Gasteiger partial charge < -0.3 is 10.2 Å². The van der Waals surface area contributed by atoms with Crippen molar-refractivity contribution >= 4 is 0 Å². The van der Waals surface area contributed by atoms with E-state index in [9.17, 15) is 5.11 Å². The lowest BCUT2D eigenvalue weighted by Gasteiger charge is -2.03. The number of aromatic nitrogens is 4. The van der Waals surface area contributed by atoms with Crippen LogP contribution in [0.5, 0.6) is 0 Å². The lowest BCUT2D eigenvalue weighted by atomic mass is 10.1. The predicted molar refractivity (Wildman–Crippen MR) is 61.1 cm³/mol. The van der Waals surface area contributed by atoms with Crippen molar-refractivity contribution < 1.29 is 10.2 Å². The molecule has 0 radical (unpaired) electrons. The number of hydrogen-bond donors (Lipinski definition) is 2. The van der Waals surface area contributed by atoms with E-state index in [1.807, 2.05) is 31.2 Å². The van der Waals surface area contributed by atoms with Crippen LogP contribution in [0.3, 0.4) is 0 Å². The molecule has 90 valence electrons. The van der Waals surface area contributed by atoms with Gasteiger partial charge in [-0.1, -0.05) is 24.3 Å². The number of rotatable bonds is 4.